The molecule has 7 heteroatoms. The molecule has 0 unspecified atom stereocenters. The third-order valence-electron chi connectivity index (χ3n) is 3.52. The molecular weight excluding hydrogens is 342 g/mol. The molecule has 0 amide bonds. The van der Waals surface area contributed by atoms with Crippen LogP contribution in [0.3, 0.4) is 0 Å². The molecule has 0 aliphatic carbocycles. The summed E-state index contributed by atoms with van der Waals surface area (Å²) in [5.74, 6) is 0.385. The predicted octanol–water partition coefficient (Wildman–Crippen LogP) is 4.64. The molecule has 0 fully saturated rings. The Bertz CT molecular complexity index is 893. The molecule has 124 valence electrons. The molecule has 2 heterocycles. The number of carbonyl (C=O) groups excluding carboxylic acids is 1. The van der Waals surface area contributed by atoms with E-state index in [0.717, 1.165) is 21.5 Å². The summed E-state index contributed by atoms with van der Waals surface area (Å²) in [5.41, 5.74) is 1.79. The van der Waals surface area contributed by atoms with Crippen molar-refractivity contribution in [1.82, 2.24) is 9.97 Å². The number of hydrogen-bond donors (Lipinski definition) is 1. The molecule has 2 aromatic heterocycles. The fraction of sp³-hybridized carbons (Fsp3) is 0.235. The van der Waals surface area contributed by atoms with E-state index in [1.54, 1.807) is 18.7 Å². The van der Waals surface area contributed by atoms with Crippen LogP contribution >= 0.6 is 23.1 Å². The first-order valence-electron chi connectivity index (χ1n) is 7.46. The maximum atomic E-state index is 12.1. The second kappa shape index (κ2) is 7.19. The summed E-state index contributed by atoms with van der Waals surface area (Å²) in [5, 5.41) is 4.20. The van der Waals surface area contributed by atoms with Crippen molar-refractivity contribution in [3.8, 4) is 0 Å². The Labute approximate surface area is 148 Å². The molecule has 0 bridgehead atoms. The standard InChI is InChI=1S/C17H17N3O2S2/c1-4-22-17(21)14-10(2)13-15(18-9-19-16(13)24-14)20-11-6-5-7-12(8-11)23-3/h5-9H,4H2,1-3H3,(H,18,19,20). The van der Waals surface area contributed by atoms with E-state index in [1.807, 2.05) is 25.3 Å². The van der Waals surface area contributed by atoms with Crippen LogP contribution in [-0.2, 0) is 4.74 Å². The second-order valence-electron chi connectivity index (χ2n) is 5.04. The van der Waals surface area contributed by atoms with Crippen LogP contribution in [0, 0.1) is 6.92 Å². The summed E-state index contributed by atoms with van der Waals surface area (Å²) >= 11 is 3.02. The molecule has 0 atom stereocenters. The number of nitrogens with one attached hydrogen (secondary N) is 1. The molecule has 24 heavy (non-hydrogen) atoms. The lowest BCUT2D eigenvalue weighted by Crippen LogP contribution is -2.03. The van der Waals surface area contributed by atoms with Crippen LogP contribution in [0.25, 0.3) is 10.2 Å². The Hall–Kier alpha value is -2.12. The van der Waals surface area contributed by atoms with Crippen LogP contribution in [0.5, 0.6) is 0 Å². The van der Waals surface area contributed by atoms with Gasteiger partial charge in [0, 0.05) is 10.6 Å². The quantitative estimate of drug-likeness (QED) is 0.529. The number of rotatable bonds is 5. The lowest BCUT2D eigenvalue weighted by molar-refractivity contribution is 0.0531. The first-order chi connectivity index (χ1) is 11.6. The van der Waals surface area contributed by atoms with E-state index in [1.165, 1.54) is 22.6 Å². The van der Waals surface area contributed by atoms with Crippen molar-refractivity contribution in [2.75, 3.05) is 18.2 Å². The monoisotopic (exact) mass is 359 g/mol. The fourth-order valence-corrected chi connectivity index (χ4v) is 3.90. The molecule has 1 aromatic carbocycles. The topological polar surface area (TPSA) is 64.1 Å². The van der Waals surface area contributed by atoms with Crippen molar-refractivity contribution in [3.63, 3.8) is 0 Å². The molecule has 3 rings (SSSR count). The third kappa shape index (κ3) is 3.22. The van der Waals surface area contributed by atoms with Crippen molar-refractivity contribution in [2.24, 2.45) is 0 Å². The minimum absolute atomic E-state index is 0.312. The number of aryl methyl sites for hydroxylation is 1. The zero-order chi connectivity index (χ0) is 17.1. The minimum Gasteiger partial charge on any atom is -0.462 e. The van der Waals surface area contributed by atoms with Gasteiger partial charge in [-0.2, -0.15) is 0 Å². The van der Waals surface area contributed by atoms with Gasteiger partial charge in [-0.3, -0.25) is 0 Å². The average molecular weight is 359 g/mol. The summed E-state index contributed by atoms with van der Waals surface area (Å²) in [6.07, 6.45) is 3.55. The maximum absolute atomic E-state index is 12.1. The Morgan fingerprint density at radius 1 is 1.38 bits per heavy atom. The van der Waals surface area contributed by atoms with Crippen LogP contribution in [0.2, 0.25) is 0 Å². The van der Waals surface area contributed by atoms with Gasteiger partial charge in [-0.1, -0.05) is 6.07 Å². The van der Waals surface area contributed by atoms with Gasteiger partial charge in [0.25, 0.3) is 0 Å². The number of benzene rings is 1. The largest absolute Gasteiger partial charge is 0.462 e. The Morgan fingerprint density at radius 2 is 2.21 bits per heavy atom. The second-order valence-corrected chi connectivity index (χ2v) is 6.91. The zero-order valence-electron chi connectivity index (χ0n) is 13.6. The van der Waals surface area contributed by atoms with Crippen molar-refractivity contribution >= 4 is 50.8 Å². The molecule has 0 spiro atoms. The van der Waals surface area contributed by atoms with Crippen LogP contribution in [0.4, 0.5) is 11.5 Å². The maximum Gasteiger partial charge on any atom is 0.348 e. The number of hydrogen-bond acceptors (Lipinski definition) is 7. The summed E-state index contributed by atoms with van der Waals surface area (Å²) in [4.78, 5) is 23.3. The van der Waals surface area contributed by atoms with Gasteiger partial charge >= 0.3 is 5.97 Å². The normalized spacial score (nSPS) is 10.8. The number of thiophene rings is 1. The van der Waals surface area contributed by atoms with E-state index in [2.05, 4.69) is 27.4 Å². The van der Waals surface area contributed by atoms with Crippen molar-refractivity contribution < 1.29 is 9.53 Å². The molecule has 3 aromatic rings. The highest BCUT2D eigenvalue weighted by atomic mass is 32.2. The van der Waals surface area contributed by atoms with Crippen LogP contribution in [-0.4, -0.2) is 28.8 Å². The van der Waals surface area contributed by atoms with Gasteiger partial charge in [0.2, 0.25) is 0 Å². The number of carbonyl (C=O) groups is 1. The summed E-state index contributed by atoms with van der Waals surface area (Å²) in [6.45, 7) is 4.05. The number of thioether (sulfide) groups is 1. The molecule has 0 aliphatic rings. The van der Waals surface area contributed by atoms with Gasteiger partial charge in [-0.05, 0) is 43.9 Å². The van der Waals surface area contributed by atoms with Gasteiger partial charge in [-0.25, -0.2) is 14.8 Å². The van der Waals surface area contributed by atoms with Crippen molar-refractivity contribution in [3.05, 3.63) is 41.0 Å². The van der Waals surface area contributed by atoms with Gasteiger partial charge in [0.05, 0.1) is 12.0 Å². The Morgan fingerprint density at radius 3 is 2.96 bits per heavy atom. The molecule has 0 saturated heterocycles. The number of esters is 1. The van der Waals surface area contributed by atoms with Crippen LogP contribution in [0.1, 0.15) is 22.2 Å². The van der Waals surface area contributed by atoms with Gasteiger partial charge in [-0.15, -0.1) is 23.1 Å². The highest BCUT2D eigenvalue weighted by Gasteiger charge is 2.20. The Balaban J connectivity index is 2.03. The molecule has 0 radical (unpaired) electrons. The van der Waals surface area contributed by atoms with Crippen LogP contribution < -0.4 is 5.32 Å². The van der Waals surface area contributed by atoms with E-state index >= 15 is 0 Å². The number of fused-ring (bicyclic) bond motifs is 1. The van der Waals surface area contributed by atoms with E-state index < -0.39 is 0 Å². The molecule has 0 aliphatic heterocycles. The fourth-order valence-electron chi connectivity index (χ4n) is 2.40. The van der Waals surface area contributed by atoms with Gasteiger partial charge in [0.15, 0.2) is 0 Å². The SMILES string of the molecule is CCOC(=O)c1sc2ncnc(Nc3cccc(SC)c3)c2c1C. The smallest absolute Gasteiger partial charge is 0.348 e. The first-order valence-corrected chi connectivity index (χ1v) is 9.50. The molecular formula is C17H17N3O2S2. The van der Waals surface area contributed by atoms with Gasteiger partial charge < -0.3 is 10.1 Å². The summed E-state index contributed by atoms with van der Waals surface area (Å²) < 4.78 is 5.13. The average Bonchev–Trinajstić information content (AvgIpc) is 2.93. The van der Waals surface area contributed by atoms with E-state index in [-0.39, 0.29) is 5.97 Å². The van der Waals surface area contributed by atoms with E-state index in [4.69, 9.17) is 4.74 Å². The third-order valence-corrected chi connectivity index (χ3v) is 5.43. The number of aromatic nitrogens is 2. The minimum atomic E-state index is -0.312. The first kappa shape index (κ1) is 16.7. The lowest BCUT2D eigenvalue weighted by atomic mass is 10.2. The van der Waals surface area contributed by atoms with Gasteiger partial charge in [0.1, 0.15) is 21.9 Å². The number of anilines is 2. The Kier molecular flexibility index (Phi) is 5.01. The molecule has 5 nitrogen and oxygen atoms in total. The highest BCUT2D eigenvalue weighted by Crippen LogP contribution is 2.35. The zero-order valence-corrected chi connectivity index (χ0v) is 15.3. The molecule has 0 saturated carbocycles. The van der Waals surface area contributed by atoms with Crippen LogP contribution in [0.15, 0.2) is 35.5 Å². The predicted molar refractivity (Wildman–Crippen MR) is 99.6 cm³/mol. The lowest BCUT2D eigenvalue weighted by Gasteiger charge is -2.08. The van der Waals surface area contributed by atoms with Crippen molar-refractivity contribution in [1.29, 1.82) is 0 Å². The number of nitrogens with zero attached hydrogens (tertiary/aromatic N) is 2. The molecule has 1 N–H and O–H groups in total. The van der Waals surface area contributed by atoms with E-state index in [0.29, 0.717) is 17.3 Å². The summed E-state index contributed by atoms with van der Waals surface area (Å²) in [6, 6.07) is 8.10. The number of ether oxygens (including phenoxy) is 1. The highest BCUT2D eigenvalue weighted by molar-refractivity contribution is 7.98. The van der Waals surface area contributed by atoms with Crippen molar-refractivity contribution in [2.45, 2.75) is 18.7 Å². The van der Waals surface area contributed by atoms with E-state index in [9.17, 15) is 4.79 Å². The summed E-state index contributed by atoms with van der Waals surface area (Å²) in [7, 11) is 0.